The summed E-state index contributed by atoms with van der Waals surface area (Å²) >= 11 is 1.75. The Morgan fingerprint density at radius 3 is 2.20 bits per heavy atom. The highest BCUT2D eigenvalue weighted by Crippen LogP contribution is 2.24. The Morgan fingerprint density at radius 2 is 1.71 bits per heavy atom. The molecule has 0 spiro atoms. The standard InChI is InChI=1S/C15H16N4OS.2C2HF3O2/c1-4-18(7-12-2-6-21-10-12)8-13-14(17-20-15(1)13)9-19-5-3-16-11-19;2*3-2(4,5)1(6)7/h2-3,5-6,10-11H,1,4,7-9H2;2*(H,6,7). The number of nitrogens with zero attached hydrogens (tertiary/aromatic N) is 4. The molecular formula is C19H18F6N4O5S. The Bertz CT molecular complexity index is 1060. The zero-order valence-electron chi connectivity index (χ0n) is 17.6. The van der Waals surface area contributed by atoms with Gasteiger partial charge in [0.25, 0.3) is 0 Å². The molecule has 35 heavy (non-hydrogen) atoms. The van der Waals surface area contributed by atoms with E-state index in [1.807, 2.05) is 17.1 Å². The highest BCUT2D eigenvalue weighted by molar-refractivity contribution is 7.07. The SMILES string of the molecule is O=C(O)C(F)(F)F.O=C(O)C(F)(F)F.c1cn(Cc2noc3c2CN(Cc2ccsc2)CC3)cn1. The van der Waals surface area contributed by atoms with Gasteiger partial charge >= 0.3 is 24.3 Å². The molecule has 0 unspecified atom stereocenters. The number of rotatable bonds is 4. The molecule has 4 rings (SSSR count). The molecule has 0 saturated carbocycles. The molecule has 3 aromatic rings. The van der Waals surface area contributed by atoms with Gasteiger partial charge < -0.3 is 19.3 Å². The molecule has 0 radical (unpaired) electrons. The summed E-state index contributed by atoms with van der Waals surface area (Å²) in [4.78, 5) is 24.3. The monoisotopic (exact) mass is 528 g/mol. The van der Waals surface area contributed by atoms with Crippen molar-refractivity contribution in [3.8, 4) is 0 Å². The number of carbonyl (C=O) groups is 2. The van der Waals surface area contributed by atoms with Crippen LogP contribution in [0.2, 0.25) is 0 Å². The molecule has 4 heterocycles. The van der Waals surface area contributed by atoms with Crippen molar-refractivity contribution in [1.29, 1.82) is 0 Å². The number of thiophene rings is 1. The van der Waals surface area contributed by atoms with Crippen LogP contribution in [0.4, 0.5) is 26.3 Å². The van der Waals surface area contributed by atoms with Gasteiger partial charge in [-0.2, -0.15) is 37.7 Å². The number of imidazole rings is 1. The third kappa shape index (κ3) is 9.05. The molecule has 0 atom stereocenters. The summed E-state index contributed by atoms with van der Waals surface area (Å²) in [6.45, 7) is 3.67. The molecule has 9 nitrogen and oxygen atoms in total. The van der Waals surface area contributed by atoms with E-state index in [-0.39, 0.29) is 0 Å². The van der Waals surface area contributed by atoms with Gasteiger partial charge in [-0.1, -0.05) is 5.16 Å². The Hall–Kier alpha value is -3.40. The predicted octanol–water partition coefficient (Wildman–Crippen LogP) is 3.81. The van der Waals surface area contributed by atoms with Gasteiger partial charge in [-0.05, 0) is 22.4 Å². The molecule has 0 aliphatic carbocycles. The Labute approximate surface area is 197 Å². The first-order valence-electron chi connectivity index (χ1n) is 9.53. The second-order valence-corrected chi connectivity index (χ2v) is 7.74. The smallest absolute Gasteiger partial charge is 0.475 e. The number of carboxylic acids is 2. The van der Waals surface area contributed by atoms with Crippen molar-refractivity contribution in [2.75, 3.05) is 6.54 Å². The lowest BCUT2D eigenvalue weighted by molar-refractivity contribution is -0.193. The van der Waals surface area contributed by atoms with Crippen LogP contribution in [0.15, 0.2) is 40.1 Å². The number of halogens is 6. The van der Waals surface area contributed by atoms with Gasteiger partial charge in [0.05, 0.1) is 12.9 Å². The predicted molar refractivity (Wildman–Crippen MR) is 107 cm³/mol. The molecular weight excluding hydrogens is 510 g/mol. The van der Waals surface area contributed by atoms with Crippen LogP contribution in [-0.2, 0) is 35.6 Å². The van der Waals surface area contributed by atoms with Crippen LogP contribution in [0.3, 0.4) is 0 Å². The minimum atomic E-state index is -5.08. The van der Waals surface area contributed by atoms with Crippen molar-refractivity contribution in [2.45, 2.75) is 38.4 Å². The molecule has 0 saturated heterocycles. The van der Waals surface area contributed by atoms with E-state index in [4.69, 9.17) is 24.3 Å². The fourth-order valence-electron chi connectivity index (χ4n) is 2.77. The number of alkyl halides is 6. The van der Waals surface area contributed by atoms with E-state index in [9.17, 15) is 26.3 Å². The summed E-state index contributed by atoms with van der Waals surface area (Å²) in [5, 5.41) is 22.9. The van der Waals surface area contributed by atoms with Gasteiger partial charge in [0, 0.05) is 44.0 Å². The number of hydrogen-bond donors (Lipinski definition) is 2. The molecule has 2 N–H and O–H groups in total. The van der Waals surface area contributed by atoms with Gasteiger partial charge in [-0.15, -0.1) is 0 Å². The molecule has 16 heteroatoms. The second kappa shape index (κ2) is 11.8. The van der Waals surface area contributed by atoms with Crippen LogP contribution in [0.5, 0.6) is 0 Å². The van der Waals surface area contributed by atoms with Gasteiger partial charge in [-0.25, -0.2) is 14.6 Å². The van der Waals surface area contributed by atoms with Crippen LogP contribution in [0.1, 0.15) is 22.6 Å². The van der Waals surface area contributed by atoms with E-state index in [1.54, 1.807) is 17.5 Å². The summed E-state index contributed by atoms with van der Waals surface area (Å²) in [7, 11) is 0. The largest absolute Gasteiger partial charge is 0.490 e. The Balaban J connectivity index is 0.000000257. The summed E-state index contributed by atoms with van der Waals surface area (Å²) in [6.07, 6.45) is -3.67. The van der Waals surface area contributed by atoms with Gasteiger partial charge in [0.1, 0.15) is 11.5 Å². The van der Waals surface area contributed by atoms with Crippen molar-refractivity contribution in [1.82, 2.24) is 19.6 Å². The Morgan fingerprint density at radius 1 is 1.09 bits per heavy atom. The van der Waals surface area contributed by atoms with Crippen molar-refractivity contribution in [3.63, 3.8) is 0 Å². The van der Waals surface area contributed by atoms with Gasteiger partial charge in [0.2, 0.25) is 0 Å². The molecule has 192 valence electrons. The number of hydrogen-bond acceptors (Lipinski definition) is 7. The molecule has 3 aromatic heterocycles. The van der Waals surface area contributed by atoms with Crippen LogP contribution in [0, 0.1) is 0 Å². The zero-order chi connectivity index (χ0) is 26.2. The molecule has 1 aliphatic rings. The lowest BCUT2D eigenvalue weighted by Crippen LogP contribution is -2.29. The van der Waals surface area contributed by atoms with Crippen LogP contribution < -0.4 is 0 Å². The quantitative estimate of drug-likeness (QED) is 0.491. The fourth-order valence-corrected chi connectivity index (χ4v) is 3.43. The van der Waals surface area contributed by atoms with Crippen LogP contribution >= 0.6 is 11.3 Å². The lowest BCUT2D eigenvalue weighted by Gasteiger charge is -2.25. The summed E-state index contributed by atoms with van der Waals surface area (Å²) in [5.41, 5.74) is 3.67. The zero-order valence-corrected chi connectivity index (χ0v) is 18.4. The third-order valence-electron chi connectivity index (χ3n) is 4.35. The maximum absolute atomic E-state index is 10.6. The van der Waals surface area contributed by atoms with Crippen LogP contribution in [-0.4, -0.2) is 60.7 Å². The van der Waals surface area contributed by atoms with E-state index in [1.165, 1.54) is 11.1 Å². The van der Waals surface area contributed by atoms with E-state index in [2.05, 4.69) is 31.9 Å². The molecule has 0 aromatic carbocycles. The molecule has 0 fully saturated rings. The highest BCUT2D eigenvalue weighted by Gasteiger charge is 2.38. The van der Waals surface area contributed by atoms with Gasteiger partial charge in [-0.3, -0.25) is 4.90 Å². The minimum Gasteiger partial charge on any atom is -0.475 e. The van der Waals surface area contributed by atoms with Gasteiger partial charge in [0.15, 0.2) is 0 Å². The normalized spacial score (nSPS) is 13.7. The number of aliphatic carboxylic acids is 2. The molecule has 0 amide bonds. The first-order valence-corrected chi connectivity index (χ1v) is 10.5. The topological polar surface area (TPSA) is 122 Å². The second-order valence-electron chi connectivity index (χ2n) is 6.96. The van der Waals surface area contributed by atoms with Crippen molar-refractivity contribution < 1.29 is 50.7 Å². The first kappa shape index (κ1) is 27.8. The average Bonchev–Trinajstić information content (AvgIpc) is 3.51. The summed E-state index contributed by atoms with van der Waals surface area (Å²) in [6, 6.07) is 2.19. The molecule has 1 aliphatic heterocycles. The number of fused-ring (bicyclic) bond motifs is 1. The van der Waals surface area contributed by atoms with Crippen molar-refractivity contribution in [3.05, 3.63) is 58.1 Å². The van der Waals surface area contributed by atoms with E-state index < -0.39 is 24.3 Å². The van der Waals surface area contributed by atoms with E-state index in [0.29, 0.717) is 0 Å². The fraction of sp³-hybridized carbons (Fsp3) is 0.368. The molecule has 0 bridgehead atoms. The minimum absolute atomic E-state index is 0.727. The number of carboxylic acid groups (broad SMARTS) is 2. The summed E-state index contributed by atoms with van der Waals surface area (Å²) in [5.74, 6) is -4.47. The van der Waals surface area contributed by atoms with Crippen molar-refractivity contribution in [2.24, 2.45) is 0 Å². The van der Waals surface area contributed by atoms with Crippen molar-refractivity contribution >= 4 is 23.3 Å². The lowest BCUT2D eigenvalue weighted by atomic mass is 10.1. The van der Waals surface area contributed by atoms with E-state index >= 15 is 0 Å². The van der Waals surface area contributed by atoms with Crippen LogP contribution in [0.25, 0.3) is 0 Å². The maximum atomic E-state index is 10.6. The first-order chi connectivity index (χ1) is 16.3. The Kier molecular flexibility index (Phi) is 9.41. The third-order valence-corrected chi connectivity index (χ3v) is 5.08. The maximum Gasteiger partial charge on any atom is 0.490 e. The van der Waals surface area contributed by atoms with E-state index in [0.717, 1.165) is 44.1 Å². The number of aromatic nitrogens is 3. The average molecular weight is 528 g/mol. The summed E-state index contributed by atoms with van der Waals surface area (Å²) < 4.78 is 71.0. The highest BCUT2D eigenvalue weighted by atomic mass is 32.1.